The van der Waals surface area contributed by atoms with Gasteiger partial charge in [0.1, 0.15) is 0 Å². The van der Waals surface area contributed by atoms with E-state index in [4.69, 9.17) is 10.1 Å². The first kappa shape index (κ1) is 29.2. The van der Waals surface area contributed by atoms with E-state index in [1.807, 2.05) is 29.7 Å². The van der Waals surface area contributed by atoms with Crippen LogP contribution in [0.15, 0.2) is 90.8 Å². The number of benzene rings is 3. The van der Waals surface area contributed by atoms with Gasteiger partial charge in [0.2, 0.25) is 0 Å². The second-order valence-electron chi connectivity index (χ2n) is 9.25. The predicted octanol–water partition coefficient (Wildman–Crippen LogP) is 9.06. The summed E-state index contributed by atoms with van der Waals surface area (Å²) in [5.74, 6) is -0.0625. The minimum Gasteiger partial charge on any atom is -0.512 e. The molecule has 2 aromatic heterocycles. The van der Waals surface area contributed by atoms with Gasteiger partial charge in [0.15, 0.2) is 5.78 Å². The molecule has 3 aromatic carbocycles. The van der Waals surface area contributed by atoms with E-state index in [2.05, 4.69) is 87.5 Å². The molecule has 5 heteroatoms. The van der Waals surface area contributed by atoms with Crippen LogP contribution in [0.4, 0.5) is 0 Å². The van der Waals surface area contributed by atoms with E-state index in [0.717, 1.165) is 11.3 Å². The Kier molecular flexibility index (Phi) is 9.93. The van der Waals surface area contributed by atoms with Crippen LogP contribution >= 0.6 is 11.3 Å². The predicted molar refractivity (Wildman–Crippen MR) is 156 cm³/mol. The third-order valence-corrected chi connectivity index (χ3v) is 7.04. The summed E-state index contributed by atoms with van der Waals surface area (Å²) < 4.78 is 1.26. The van der Waals surface area contributed by atoms with Crippen molar-refractivity contribution >= 4 is 27.2 Å². The van der Waals surface area contributed by atoms with E-state index < -0.39 is 0 Å². The fourth-order valence-corrected chi connectivity index (χ4v) is 5.74. The van der Waals surface area contributed by atoms with Crippen LogP contribution in [0.2, 0.25) is 0 Å². The Morgan fingerprint density at radius 2 is 1.61 bits per heavy atom. The fourth-order valence-electron chi connectivity index (χ4n) is 4.49. The van der Waals surface area contributed by atoms with E-state index in [-0.39, 0.29) is 31.6 Å². The summed E-state index contributed by atoms with van der Waals surface area (Å²) in [7, 11) is 0. The molecule has 0 spiro atoms. The normalized spacial score (nSPS) is 10.9. The summed E-state index contributed by atoms with van der Waals surface area (Å²) >= 11 is 1.84. The maximum Gasteiger partial charge on any atom is 0.155 e. The number of hydrogen-bond acceptors (Lipinski definition) is 4. The summed E-state index contributed by atoms with van der Waals surface area (Å²) in [6.07, 6.45) is 3.16. The molecule has 0 aliphatic carbocycles. The van der Waals surface area contributed by atoms with Crippen molar-refractivity contribution in [3.05, 3.63) is 114 Å². The van der Waals surface area contributed by atoms with Gasteiger partial charge in [-0.15, -0.1) is 46.7 Å². The van der Waals surface area contributed by atoms with E-state index in [1.165, 1.54) is 68.3 Å². The minimum absolute atomic E-state index is 0. The average molecular weight is 697 g/mol. The van der Waals surface area contributed by atoms with Crippen molar-refractivity contribution in [3.63, 3.8) is 0 Å². The first-order valence-corrected chi connectivity index (χ1v) is 13.0. The van der Waals surface area contributed by atoms with E-state index in [1.54, 1.807) is 0 Å². The molecule has 0 fully saturated rings. The smallest absolute Gasteiger partial charge is 0.155 e. The number of thiophene rings is 1. The Balaban J connectivity index is 0.000000444. The van der Waals surface area contributed by atoms with Gasteiger partial charge in [0.05, 0.1) is 5.76 Å². The van der Waals surface area contributed by atoms with Crippen LogP contribution in [0.5, 0.6) is 0 Å². The molecule has 1 N–H and O–H groups in total. The quantitative estimate of drug-likeness (QED) is 0.116. The number of pyridine rings is 1. The van der Waals surface area contributed by atoms with Gasteiger partial charge < -0.3 is 10.1 Å². The topological polar surface area (TPSA) is 50.2 Å². The second kappa shape index (κ2) is 12.9. The Hall–Kier alpha value is -3.37. The number of aliphatic hydroxyl groups is 1. The Morgan fingerprint density at radius 1 is 0.921 bits per heavy atom. The largest absolute Gasteiger partial charge is 0.512 e. The van der Waals surface area contributed by atoms with Crippen molar-refractivity contribution in [2.45, 2.75) is 34.6 Å². The number of aryl methyl sites for hydroxylation is 3. The Bertz CT molecular complexity index is 1580. The molecule has 0 atom stereocenters. The zero-order valence-electron chi connectivity index (χ0n) is 22.1. The molecule has 0 aliphatic heterocycles. The molecule has 5 rings (SSSR count). The number of ketones is 1. The molecule has 0 amide bonds. The zero-order chi connectivity index (χ0) is 26.5. The molecule has 0 unspecified atom stereocenters. The van der Waals surface area contributed by atoms with Crippen LogP contribution in [-0.2, 0) is 24.9 Å². The number of rotatable bonds is 4. The third kappa shape index (κ3) is 7.14. The van der Waals surface area contributed by atoms with E-state index in [0.29, 0.717) is 0 Å². The number of allylic oxidation sites excluding steroid dienone is 2. The van der Waals surface area contributed by atoms with Crippen LogP contribution in [0, 0.1) is 26.8 Å². The molecule has 0 saturated heterocycles. The van der Waals surface area contributed by atoms with Crippen LogP contribution < -0.4 is 0 Å². The van der Waals surface area contributed by atoms with Crippen molar-refractivity contribution in [1.82, 2.24) is 4.98 Å². The molecule has 3 nitrogen and oxygen atoms in total. The molecule has 2 heterocycles. The van der Waals surface area contributed by atoms with Crippen LogP contribution in [0.1, 0.15) is 30.5 Å². The Morgan fingerprint density at radius 3 is 2.21 bits per heavy atom. The molecule has 1 radical (unpaired) electrons. The molecular weight excluding hydrogens is 667 g/mol. The fraction of sp³-hybridized carbons (Fsp3) is 0.152. The SMILES string of the molecule is CC(=O)/C=C(/C)O.Cc1cc(C)c(-c2cc3cnc(-c4[c-]ccc(-c5ccccc5)c4)cc3s2)c(C)c1.[Ir]. The first-order valence-electron chi connectivity index (χ1n) is 12.1. The second-order valence-corrected chi connectivity index (χ2v) is 10.3. The molecule has 38 heavy (non-hydrogen) atoms. The summed E-state index contributed by atoms with van der Waals surface area (Å²) in [4.78, 5) is 16.1. The monoisotopic (exact) mass is 697 g/mol. The van der Waals surface area contributed by atoms with Crippen molar-refractivity contribution < 1.29 is 30.0 Å². The molecule has 0 saturated carbocycles. The number of carbonyl (C=O) groups excluding carboxylic acids is 1. The van der Waals surface area contributed by atoms with Gasteiger partial charge in [-0.05, 0) is 68.6 Å². The number of aliphatic hydroxyl groups excluding tert-OH is 1. The molecule has 0 bridgehead atoms. The maximum atomic E-state index is 10.0. The van der Waals surface area contributed by atoms with E-state index >= 15 is 0 Å². The van der Waals surface area contributed by atoms with Crippen LogP contribution in [0.3, 0.4) is 0 Å². The van der Waals surface area contributed by atoms with Gasteiger partial charge >= 0.3 is 0 Å². The van der Waals surface area contributed by atoms with Crippen LogP contribution in [-0.4, -0.2) is 15.9 Å². The standard InChI is InChI=1S/C28H22NS.C5H8O2.Ir/c1-18-12-19(2)28(20(3)13-18)27-15-24-17-29-25(16-26(24)30-27)23-11-7-10-22(14-23)21-8-5-4-6-9-21;1-4(6)3-5(2)7;/h4-10,12-17H,1-3H3;3,6H,1-2H3;/q-1;;/b;4-3-;. The number of nitrogens with zero attached hydrogens (tertiary/aromatic N) is 1. The van der Waals surface area contributed by atoms with Crippen molar-refractivity contribution in [2.75, 3.05) is 0 Å². The third-order valence-electron chi connectivity index (χ3n) is 5.92. The van der Waals surface area contributed by atoms with Gasteiger partial charge in [-0.1, -0.05) is 54.1 Å². The summed E-state index contributed by atoms with van der Waals surface area (Å²) in [5.41, 5.74) is 9.70. The van der Waals surface area contributed by atoms with Gasteiger partial charge in [-0.2, -0.15) is 0 Å². The van der Waals surface area contributed by atoms with Gasteiger partial charge in [0, 0.05) is 47.3 Å². The van der Waals surface area contributed by atoms with E-state index in [9.17, 15) is 4.79 Å². The number of carbonyl (C=O) groups is 1. The average Bonchev–Trinajstić information content (AvgIpc) is 3.26. The van der Waals surface area contributed by atoms with Crippen molar-refractivity contribution in [2.24, 2.45) is 0 Å². The summed E-state index contributed by atoms with van der Waals surface area (Å²) in [6.45, 7) is 9.41. The van der Waals surface area contributed by atoms with Gasteiger partial charge in [-0.3, -0.25) is 4.79 Å². The zero-order valence-corrected chi connectivity index (χ0v) is 25.3. The number of aromatic nitrogens is 1. The maximum absolute atomic E-state index is 10.0. The van der Waals surface area contributed by atoms with Crippen molar-refractivity contribution in [3.8, 4) is 32.8 Å². The first-order chi connectivity index (χ1) is 17.7. The summed E-state index contributed by atoms with van der Waals surface area (Å²) in [5, 5.41) is 9.56. The minimum atomic E-state index is -0.125. The van der Waals surface area contributed by atoms with Gasteiger partial charge in [-0.25, -0.2) is 0 Å². The number of fused-ring (bicyclic) bond motifs is 1. The van der Waals surface area contributed by atoms with Gasteiger partial charge in [0.25, 0.3) is 0 Å². The molecule has 0 aliphatic rings. The number of hydrogen-bond donors (Lipinski definition) is 1. The van der Waals surface area contributed by atoms with Crippen LogP contribution in [0.25, 0.3) is 42.9 Å². The summed E-state index contributed by atoms with van der Waals surface area (Å²) in [6, 6.07) is 29.1. The Labute approximate surface area is 242 Å². The van der Waals surface area contributed by atoms with Crippen molar-refractivity contribution in [1.29, 1.82) is 0 Å². The molecule has 195 valence electrons. The molecule has 5 aromatic rings. The molecular formula is C33H30IrNO2S-.